The molecule has 0 fully saturated rings. The van der Waals surface area contributed by atoms with Gasteiger partial charge in [0.15, 0.2) is 0 Å². The number of nitrogens with zero attached hydrogens (tertiary/aromatic N) is 1. The molecule has 0 spiro atoms. The predicted molar refractivity (Wildman–Crippen MR) is 42.0 cm³/mol. The van der Waals surface area contributed by atoms with E-state index in [9.17, 15) is 13.6 Å². The highest BCUT2D eigenvalue weighted by molar-refractivity contribution is 7.12. The van der Waals surface area contributed by atoms with Gasteiger partial charge in [0.05, 0.1) is 5.01 Å². The molecule has 1 rings (SSSR count). The molecule has 0 saturated carbocycles. The predicted octanol–water partition coefficient (Wildman–Crippen LogP) is 2.77. The smallest absolute Gasteiger partial charge is 0.274 e. The Morgan fingerprint density at radius 2 is 2.25 bits per heavy atom. The summed E-state index contributed by atoms with van der Waals surface area (Å²) >= 11 is 5.82. The van der Waals surface area contributed by atoms with Gasteiger partial charge in [0.25, 0.3) is 11.7 Å². The lowest BCUT2D eigenvalue weighted by atomic mass is 10.4. The van der Waals surface area contributed by atoms with Gasteiger partial charge in [-0.1, -0.05) is 0 Å². The summed E-state index contributed by atoms with van der Waals surface area (Å²) in [6, 6.07) is 0. The number of hydrogen-bond acceptors (Lipinski definition) is 3. The van der Waals surface area contributed by atoms with Crippen molar-refractivity contribution in [3.8, 4) is 0 Å². The van der Waals surface area contributed by atoms with Crippen LogP contribution < -0.4 is 0 Å². The quantitative estimate of drug-likeness (QED) is 0.704. The van der Waals surface area contributed by atoms with Crippen LogP contribution in [0.1, 0.15) is 26.8 Å². The van der Waals surface area contributed by atoms with E-state index in [0.717, 1.165) is 11.3 Å². The third-order valence-corrected chi connectivity index (χ3v) is 2.30. The fourth-order valence-electron chi connectivity index (χ4n) is 0.732. The first kappa shape index (κ1) is 9.54. The van der Waals surface area contributed by atoms with Crippen molar-refractivity contribution in [1.29, 1.82) is 0 Å². The van der Waals surface area contributed by atoms with Gasteiger partial charge in [0.2, 0.25) is 0 Å². The van der Waals surface area contributed by atoms with Crippen LogP contribution >= 0.6 is 22.9 Å². The standard InChI is InChI=1S/C6H4ClF2NOS/c1-2-10-3(5(7)11)4(12-2)6(8)9/h6H,1H3. The molecular weight excluding hydrogens is 208 g/mol. The van der Waals surface area contributed by atoms with Crippen LogP contribution in [0.25, 0.3) is 0 Å². The molecule has 6 heteroatoms. The van der Waals surface area contributed by atoms with E-state index in [0.29, 0.717) is 5.01 Å². The molecule has 0 atom stereocenters. The highest BCUT2D eigenvalue weighted by Gasteiger charge is 2.21. The molecule has 0 aliphatic heterocycles. The van der Waals surface area contributed by atoms with Crippen molar-refractivity contribution in [2.75, 3.05) is 0 Å². The normalized spacial score (nSPS) is 10.8. The number of aromatic nitrogens is 1. The van der Waals surface area contributed by atoms with Crippen molar-refractivity contribution >= 4 is 28.2 Å². The summed E-state index contributed by atoms with van der Waals surface area (Å²) < 4.78 is 24.3. The summed E-state index contributed by atoms with van der Waals surface area (Å²) in [5, 5.41) is -0.524. The minimum Gasteiger partial charge on any atom is -0.274 e. The first-order valence-corrected chi connectivity index (χ1v) is 4.17. The SMILES string of the molecule is Cc1nc(C(=O)Cl)c(C(F)F)s1. The zero-order valence-electron chi connectivity index (χ0n) is 5.97. The molecule has 0 radical (unpaired) electrons. The van der Waals surface area contributed by atoms with E-state index in [2.05, 4.69) is 4.98 Å². The molecule has 0 saturated heterocycles. The number of alkyl halides is 2. The van der Waals surface area contributed by atoms with E-state index in [1.165, 1.54) is 0 Å². The molecule has 0 aliphatic rings. The van der Waals surface area contributed by atoms with Crippen LogP contribution in [-0.2, 0) is 0 Å². The van der Waals surface area contributed by atoms with E-state index in [-0.39, 0.29) is 10.6 Å². The first-order valence-electron chi connectivity index (χ1n) is 2.97. The number of thiazole rings is 1. The van der Waals surface area contributed by atoms with Crippen molar-refractivity contribution in [3.05, 3.63) is 15.6 Å². The second kappa shape index (κ2) is 3.45. The lowest BCUT2D eigenvalue weighted by Gasteiger charge is -1.93. The number of carbonyl (C=O) groups is 1. The van der Waals surface area contributed by atoms with Crippen LogP contribution in [0.15, 0.2) is 0 Å². The largest absolute Gasteiger partial charge is 0.275 e. The average Bonchev–Trinajstić information content (AvgIpc) is 2.31. The molecule has 0 aromatic carbocycles. The molecule has 1 aromatic rings. The highest BCUT2D eigenvalue weighted by Crippen LogP contribution is 2.29. The Kier molecular flexibility index (Phi) is 2.74. The van der Waals surface area contributed by atoms with Crippen molar-refractivity contribution in [1.82, 2.24) is 4.98 Å². The molecule has 66 valence electrons. The first-order chi connectivity index (χ1) is 5.52. The number of carbonyl (C=O) groups excluding carboxylic acids is 1. The van der Waals surface area contributed by atoms with Crippen molar-refractivity contribution < 1.29 is 13.6 Å². The fourth-order valence-corrected chi connectivity index (χ4v) is 1.71. The van der Waals surface area contributed by atoms with E-state index in [4.69, 9.17) is 11.6 Å². The Bertz CT molecular complexity index is 312. The lowest BCUT2D eigenvalue weighted by molar-refractivity contribution is 0.106. The third-order valence-electron chi connectivity index (χ3n) is 1.14. The Balaban J connectivity index is 3.17. The summed E-state index contributed by atoms with van der Waals surface area (Å²) in [5.41, 5.74) is -0.325. The Hall–Kier alpha value is -0.550. The molecular formula is C6H4ClF2NOS. The van der Waals surface area contributed by atoms with Gasteiger partial charge < -0.3 is 0 Å². The second-order valence-corrected chi connectivity index (χ2v) is 3.60. The highest BCUT2D eigenvalue weighted by atomic mass is 35.5. The van der Waals surface area contributed by atoms with E-state index in [1.54, 1.807) is 6.92 Å². The average molecular weight is 212 g/mol. The number of hydrogen-bond donors (Lipinski definition) is 0. The topological polar surface area (TPSA) is 30.0 Å². The maximum Gasteiger partial charge on any atom is 0.275 e. The molecule has 12 heavy (non-hydrogen) atoms. The summed E-state index contributed by atoms with van der Waals surface area (Å²) in [6.45, 7) is 1.54. The van der Waals surface area contributed by atoms with Crippen molar-refractivity contribution in [3.63, 3.8) is 0 Å². The van der Waals surface area contributed by atoms with Crippen LogP contribution in [0.3, 0.4) is 0 Å². The monoisotopic (exact) mass is 211 g/mol. The number of aryl methyl sites for hydroxylation is 1. The zero-order valence-corrected chi connectivity index (χ0v) is 7.55. The molecule has 1 heterocycles. The maximum atomic E-state index is 12.2. The van der Waals surface area contributed by atoms with E-state index >= 15 is 0 Å². The molecule has 0 amide bonds. The van der Waals surface area contributed by atoms with Gasteiger partial charge >= 0.3 is 0 Å². The van der Waals surface area contributed by atoms with E-state index < -0.39 is 11.7 Å². The van der Waals surface area contributed by atoms with Gasteiger partial charge in [-0.2, -0.15) is 0 Å². The minimum atomic E-state index is -2.69. The molecule has 0 aliphatic carbocycles. The van der Waals surface area contributed by atoms with Gasteiger partial charge in [-0.3, -0.25) is 4.79 Å². The lowest BCUT2D eigenvalue weighted by Crippen LogP contribution is -1.94. The summed E-state index contributed by atoms with van der Waals surface area (Å²) in [6.07, 6.45) is -2.69. The summed E-state index contributed by atoms with van der Waals surface area (Å²) in [7, 11) is 0. The Labute approximate surface area is 76.2 Å². The molecule has 2 nitrogen and oxygen atoms in total. The Morgan fingerprint density at radius 3 is 2.58 bits per heavy atom. The molecule has 0 N–H and O–H groups in total. The van der Waals surface area contributed by atoms with Crippen LogP contribution in [-0.4, -0.2) is 10.2 Å². The number of rotatable bonds is 2. The fraction of sp³-hybridized carbons (Fsp3) is 0.333. The van der Waals surface area contributed by atoms with Crippen LogP contribution in [0, 0.1) is 6.92 Å². The van der Waals surface area contributed by atoms with Gasteiger partial charge in [0, 0.05) is 0 Å². The van der Waals surface area contributed by atoms with Crippen LogP contribution in [0.5, 0.6) is 0 Å². The second-order valence-electron chi connectivity index (χ2n) is 2.02. The van der Waals surface area contributed by atoms with E-state index in [1.807, 2.05) is 0 Å². The van der Waals surface area contributed by atoms with Gasteiger partial charge in [-0.15, -0.1) is 11.3 Å². The maximum absolute atomic E-state index is 12.2. The summed E-state index contributed by atoms with van der Waals surface area (Å²) in [5.74, 6) is 0. The summed E-state index contributed by atoms with van der Waals surface area (Å²) in [4.78, 5) is 13.8. The van der Waals surface area contributed by atoms with Gasteiger partial charge in [-0.05, 0) is 18.5 Å². The van der Waals surface area contributed by atoms with Crippen molar-refractivity contribution in [2.45, 2.75) is 13.3 Å². The third kappa shape index (κ3) is 1.78. The van der Waals surface area contributed by atoms with Gasteiger partial charge in [0.1, 0.15) is 10.6 Å². The number of halogens is 3. The van der Waals surface area contributed by atoms with Crippen LogP contribution in [0.4, 0.5) is 8.78 Å². The van der Waals surface area contributed by atoms with Gasteiger partial charge in [-0.25, -0.2) is 13.8 Å². The minimum absolute atomic E-state index is 0.325. The Morgan fingerprint density at radius 1 is 1.67 bits per heavy atom. The molecule has 0 unspecified atom stereocenters. The zero-order chi connectivity index (χ0) is 9.30. The molecule has 0 bridgehead atoms. The molecule has 1 aromatic heterocycles. The van der Waals surface area contributed by atoms with Crippen LogP contribution in [0.2, 0.25) is 0 Å². The van der Waals surface area contributed by atoms with Crippen molar-refractivity contribution in [2.24, 2.45) is 0 Å².